The van der Waals surface area contributed by atoms with Gasteiger partial charge in [-0.15, -0.1) is 0 Å². The fraction of sp³-hybridized carbons (Fsp3) is 0.227. The number of carbonyl (C=O) groups excluding carboxylic acids is 1. The Labute approximate surface area is 203 Å². The summed E-state index contributed by atoms with van der Waals surface area (Å²) in [5.41, 5.74) is 2.46. The first-order valence-electron chi connectivity index (χ1n) is 10.1. The maximum atomic E-state index is 13.4. The molecule has 4 heterocycles. The predicted octanol–water partition coefficient (Wildman–Crippen LogP) is 5.43. The topological polar surface area (TPSA) is 76.8 Å². The van der Waals surface area contributed by atoms with Crippen molar-refractivity contribution in [3.8, 4) is 22.1 Å². The number of nitrogens with zero attached hydrogens (tertiary/aromatic N) is 6. The number of benzene rings is 1. The second kappa shape index (κ2) is 8.48. The quantitative estimate of drug-likeness (QED) is 0.349. The highest BCUT2D eigenvalue weighted by Crippen LogP contribution is 2.41. The number of aromatic nitrogens is 5. The molecular formula is C22H17Cl2FN6OS. The van der Waals surface area contributed by atoms with Crippen LogP contribution in [-0.2, 0) is 6.54 Å². The zero-order valence-corrected chi connectivity index (χ0v) is 19.9. The summed E-state index contributed by atoms with van der Waals surface area (Å²) < 4.78 is 19.7. The van der Waals surface area contributed by atoms with E-state index in [0.717, 1.165) is 5.69 Å². The van der Waals surface area contributed by atoms with E-state index in [1.807, 2.05) is 13.8 Å². The Bertz CT molecular complexity index is 1370. The summed E-state index contributed by atoms with van der Waals surface area (Å²) in [5.74, 6) is 0.749. The molecule has 0 saturated carbocycles. The van der Waals surface area contributed by atoms with Crippen molar-refractivity contribution in [2.24, 2.45) is 0 Å². The highest BCUT2D eigenvalue weighted by Gasteiger charge is 2.35. The number of pyridine rings is 1. The van der Waals surface area contributed by atoms with E-state index < -0.39 is 0 Å². The Morgan fingerprint density at radius 2 is 1.94 bits per heavy atom. The number of carbonyl (C=O) groups is 1. The molecule has 33 heavy (non-hydrogen) atoms. The van der Waals surface area contributed by atoms with Crippen LogP contribution in [0, 0.1) is 12.7 Å². The molecule has 4 aromatic rings. The minimum atomic E-state index is -0.389. The maximum Gasteiger partial charge on any atom is 0.254 e. The molecule has 1 aliphatic rings. The Kier molecular flexibility index (Phi) is 5.64. The third-order valence-corrected chi connectivity index (χ3v) is 6.89. The van der Waals surface area contributed by atoms with E-state index in [2.05, 4.69) is 18.9 Å². The number of aryl methyl sites for hydroxylation is 1. The monoisotopic (exact) mass is 502 g/mol. The molecule has 11 heteroatoms. The number of amides is 1. The molecular weight excluding hydrogens is 486 g/mol. The standard InChI is InChI=1S/C22H17Cl2FN6OS/c1-11-19-18(15-9-17(24)26-10-16(15)23)28-20(21-27-12(2)29-33-21)31(19)8-7-30(11)22(32)13-3-5-14(25)6-4-13/h3-6,9-11H,7-8H2,1-2H3. The number of hydrogen-bond acceptors (Lipinski definition) is 6. The van der Waals surface area contributed by atoms with Crippen LogP contribution in [0.4, 0.5) is 4.39 Å². The van der Waals surface area contributed by atoms with Gasteiger partial charge in [-0.05, 0) is 55.7 Å². The third kappa shape index (κ3) is 3.90. The number of hydrogen-bond donors (Lipinski definition) is 0. The molecule has 0 aliphatic carbocycles. The lowest BCUT2D eigenvalue weighted by Crippen LogP contribution is -2.41. The summed E-state index contributed by atoms with van der Waals surface area (Å²) >= 11 is 13.9. The minimum Gasteiger partial charge on any atom is -0.329 e. The van der Waals surface area contributed by atoms with Gasteiger partial charge in [0.2, 0.25) is 0 Å². The Hall–Kier alpha value is -2.88. The molecule has 5 rings (SSSR count). The molecule has 0 bridgehead atoms. The van der Waals surface area contributed by atoms with Crippen LogP contribution in [0.1, 0.15) is 34.8 Å². The minimum absolute atomic E-state index is 0.187. The number of halogens is 3. The van der Waals surface area contributed by atoms with Gasteiger partial charge >= 0.3 is 0 Å². The largest absolute Gasteiger partial charge is 0.329 e. The highest BCUT2D eigenvalue weighted by atomic mass is 35.5. The van der Waals surface area contributed by atoms with Gasteiger partial charge in [-0.25, -0.2) is 19.3 Å². The molecule has 0 saturated heterocycles. The van der Waals surface area contributed by atoms with Crippen molar-refractivity contribution in [3.63, 3.8) is 0 Å². The molecule has 0 N–H and O–H groups in total. The van der Waals surface area contributed by atoms with Gasteiger partial charge in [0.25, 0.3) is 5.91 Å². The molecule has 7 nitrogen and oxygen atoms in total. The van der Waals surface area contributed by atoms with Crippen LogP contribution in [0.15, 0.2) is 36.5 Å². The molecule has 168 valence electrons. The van der Waals surface area contributed by atoms with Gasteiger partial charge in [-0.1, -0.05) is 23.2 Å². The van der Waals surface area contributed by atoms with Gasteiger partial charge in [0.05, 0.1) is 22.5 Å². The molecule has 3 aromatic heterocycles. The van der Waals surface area contributed by atoms with E-state index in [-0.39, 0.29) is 22.9 Å². The van der Waals surface area contributed by atoms with Crippen LogP contribution in [0.5, 0.6) is 0 Å². The van der Waals surface area contributed by atoms with Gasteiger partial charge in [0.1, 0.15) is 16.8 Å². The van der Waals surface area contributed by atoms with Gasteiger partial charge in [0.15, 0.2) is 10.8 Å². The second-order valence-electron chi connectivity index (χ2n) is 7.64. The van der Waals surface area contributed by atoms with E-state index in [0.29, 0.717) is 51.6 Å². The van der Waals surface area contributed by atoms with E-state index in [1.54, 1.807) is 11.0 Å². The average molecular weight is 503 g/mol. The normalized spacial score (nSPS) is 15.5. The molecule has 0 radical (unpaired) electrons. The summed E-state index contributed by atoms with van der Waals surface area (Å²) in [4.78, 5) is 28.5. The summed E-state index contributed by atoms with van der Waals surface area (Å²) in [6.07, 6.45) is 1.48. The fourth-order valence-electron chi connectivity index (χ4n) is 4.04. The lowest BCUT2D eigenvalue weighted by molar-refractivity contribution is 0.0645. The van der Waals surface area contributed by atoms with Crippen molar-refractivity contribution in [1.29, 1.82) is 0 Å². The van der Waals surface area contributed by atoms with Crippen LogP contribution < -0.4 is 0 Å². The van der Waals surface area contributed by atoms with Crippen molar-refractivity contribution < 1.29 is 9.18 Å². The summed E-state index contributed by atoms with van der Waals surface area (Å²) in [5, 5.41) is 1.36. The zero-order chi connectivity index (χ0) is 23.3. The Morgan fingerprint density at radius 1 is 1.18 bits per heavy atom. The maximum absolute atomic E-state index is 13.4. The molecule has 0 fully saturated rings. The number of rotatable bonds is 3. The highest BCUT2D eigenvalue weighted by molar-refractivity contribution is 7.09. The predicted molar refractivity (Wildman–Crippen MR) is 125 cm³/mol. The van der Waals surface area contributed by atoms with Crippen LogP contribution in [0.2, 0.25) is 10.2 Å². The molecule has 1 aliphatic heterocycles. The van der Waals surface area contributed by atoms with E-state index >= 15 is 0 Å². The lowest BCUT2D eigenvalue weighted by Gasteiger charge is -2.35. The first kappa shape index (κ1) is 21.9. The van der Waals surface area contributed by atoms with E-state index in [9.17, 15) is 9.18 Å². The first-order chi connectivity index (χ1) is 15.8. The van der Waals surface area contributed by atoms with E-state index in [1.165, 1.54) is 42.0 Å². The van der Waals surface area contributed by atoms with Gasteiger partial charge in [0, 0.05) is 30.4 Å². The van der Waals surface area contributed by atoms with Crippen LogP contribution in [-0.4, -0.2) is 41.2 Å². The summed E-state index contributed by atoms with van der Waals surface area (Å²) in [6, 6.07) is 6.87. The summed E-state index contributed by atoms with van der Waals surface area (Å²) in [6.45, 7) is 4.72. The Morgan fingerprint density at radius 3 is 2.64 bits per heavy atom. The second-order valence-corrected chi connectivity index (χ2v) is 9.18. The van der Waals surface area contributed by atoms with Crippen LogP contribution >= 0.6 is 34.7 Å². The zero-order valence-electron chi connectivity index (χ0n) is 17.6. The van der Waals surface area contributed by atoms with Gasteiger partial charge in [-0.2, -0.15) is 4.37 Å². The van der Waals surface area contributed by atoms with E-state index in [4.69, 9.17) is 28.2 Å². The molecule has 1 unspecified atom stereocenters. The van der Waals surface area contributed by atoms with Crippen molar-refractivity contribution in [2.45, 2.75) is 26.4 Å². The smallest absolute Gasteiger partial charge is 0.254 e. The third-order valence-electron chi connectivity index (χ3n) is 5.58. The fourth-order valence-corrected chi connectivity index (χ4v) is 5.06. The van der Waals surface area contributed by atoms with Crippen LogP contribution in [0.25, 0.3) is 22.1 Å². The number of imidazole rings is 1. The molecule has 1 aromatic carbocycles. The van der Waals surface area contributed by atoms with Gasteiger partial charge in [-0.3, -0.25) is 4.79 Å². The van der Waals surface area contributed by atoms with Crippen LogP contribution in [0.3, 0.4) is 0 Å². The van der Waals surface area contributed by atoms with Crippen molar-refractivity contribution >= 4 is 40.6 Å². The molecule has 1 amide bonds. The number of fused-ring (bicyclic) bond motifs is 1. The Balaban J connectivity index is 1.65. The van der Waals surface area contributed by atoms with Crippen molar-refractivity contribution in [1.82, 2.24) is 28.8 Å². The lowest BCUT2D eigenvalue weighted by atomic mass is 10.0. The van der Waals surface area contributed by atoms with Crippen molar-refractivity contribution in [2.75, 3.05) is 6.54 Å². The first-order valence-corrected chi connectivity index (χ1v) is 11.7. The SMILES string of the molecule is Cc1nsc(-c2nc(-c3cc(Cl)ncc3Cl)c3n2CCN(C(=O)c2ccc(F)cc2)C3C)n1. The molecule has 0 spiro atoms. The van der Waals surface area contributed by atoms with Gasteiger partial charge < -0.3 is 9.47 Å². The molecule has 1 atom stereocenters. The summed E-state index contributed by atoms with van der Waals surface area (Å²) in [7, 11) is 0. The van der Waals surface area contributed by atoms with Crippen molar-refractivity contribution in [3.05, 3.63) is 69.6 Å². The average Bonchev–Trinajstić information content (AvgIpc) is 3.40.